The Labute approximate surface area is 201 Å². The molecule has 1 saturated carbocycles. The Morgan fingerprint density at radius 3 is 2.57 bits per heavy atom. The summed E-state index contributed by atoms with van der Waals surface area (Å²) in [6, 6.07) is 17.5. The van der Waals surface area contributed by atoms with E-state index in [9.17, 15) is 4.79 Å². The number of nitrogens with one attached hydrogen (secondary N) is 1. The van der Waals surface area contributed by atoms with Crippen LogP contribution >= 0.6 is 0 Å². The Kier molecular flexibility index (Phi) is 7.10. The molecule has 0 saturated heterocycles. The summed E-state index contributed by atoms with van der Waals surface area (Å²) in [4.78, 5) is 28.7. The molecule has 1 unspecified atom stereocenters. The van der Waals surface area contributed by atoms with Crippen molar-refractivity contribution < 1.29 is 28.1 Å². The molecule has 8 nitrogen and oxygen atoms in total. The zero-order valence-corrected chi connectivity index (χ0v) is 19.2. The Balaban J connectivity index is 0.000000917. The van der Waals surface area contributed by atoms with Crippen LogP contribution in [-0.4, -0.2) is 17.4 Å². The number of ether oxygens (including phenoxy) is 1. The van der Waals surface area contributed by atoms with Gasteiger partial charge in [-0.3, -0.25) is 5.32 Å². The Morgan fingerprint density at radius 2 is 1.86 bits per heavy atom. The highest BCUT2D eigenvalue weighted by atomic mass is 16.6. The van der Waals surface area contributed by atoms with Gasteiger partial charge in [0.1, 0.15) is 28.8 Å². The van der Waals surface area contributed by atoms with Crippen LogP contribution in [0.1, 0.15) is 60.1 Å². The number of rotatable bonds is 4. The molecule has 0 aliphatic heterocycles. The number of hydrogen-bond acceptors (Lipinski definition) is 7. The molecule has 1 amide bonds. The first-order chi connectivity index (χ1) is 17.0. The Bertz CT molecular complexity index is 1430. The van der Waals surface area contributed by atoms with Crippen LogP contribution in [0.25, 0.3) is 11.0 Å². The fourth-order valence-corrected chi connectivity index (χ4v) is 3.51. The average Bonchev–Trinajstić information content (AvgIpc) is 3.54. The van der Waals surface area contributed by atoms with E-state index in [2.05, 4.69) is 28.4 Å². The van der Waals surface area contributed by atoms with E-state index in [1.165, 1.54) is 12.8 Å². The summed E-state index contributed by atoms with van der Waals surface area (Å²) in [5, 5.41) is 7.72. The highest BCUT2D eigenvalue weighted by Crippen LogP contribution is 2.42. The van der Waals surface area contributed by atoms with Crippen molar-refractivity contribution >= 4 is 28.9 Å². The molecule has 1 atom stereocenters. The van der Waals surface area contributed by atoms with E-state index in [0.29, 0.717) is 17.3 Å². The number of amides is 1. The number of furan rings is 1. The summed E-state index contributed by atoms with van der Waals surface area (Å²) in [7, 11) is 0. The highest BCUT2D eigenvalue weighted by Gasteiger charge is 2.27. The molecule has 2 aromatic carbocycles. The number of aryl methyl sites for hydroxylation is 1. The predicted octanol–water partition coefficient (Wildman–Crippen LogP) is 5.73. The van der Waals surface area contributed by atoms with Crippen molar-refractivity contribution in [3.05, 3.63) is 82.9 Å². The van der Waals surface area contributed by atoms with Gasteiger partial charge in [-0.05, 0) is 62.4 Å². The van der Waals surface area contributed by atoms with Crippen molar-refractivity contribution in [1.29, 1.82) is 0 Å². The third-order valence-corrected chi connectivity index (χ3v) is 5.48. The van der Waals surface area contributed by atoms with E-state index in [0.717, 1.165) is 27.9 Å². The van der Waals surface area contributed by atoms with Gasteiger partial charge < -0.3 is 13.7 Å². The summed E-state index contributed by atoms with van der Waals surface area (Å²) < 4.78 is 16.8. The molecule has 2 heterocycles. The van der Waals surface area contributed by atoms with Gasteiger partial charge in [0.25, 0.3) is 0 Å². The molecule has 2 aromatic heterocycles. The first-order valence-electron chi connectivity index (χ1n) is 11.0. The van der Waals surface area contributed by atoms with Crippen LogP contribution in [0, 0.1) is 18.8 Å². The number of fused-ring (bicyclic) bond motifs is 1. The lowest BCUT2D eigenvalue weighted by molar-refractivity contribution is -0.191. The van der Waals surface area contributed by atoms with Crippen molar-refractivity contribution in [3.63, 3.8) is 0 Å². The summed E-state index contributed by atoms with van der Waals surface area (Å²) >= 11 is 0. The third kappa shape index (κ3) is 5.85. The van der Waals surface area contributed by atoms with Crippen molar-refractivity contribution in [1.82, 2.24) is 5.16 Å². The molecule has 8 heteroatoms. The number of anilines is 1. The summed E-state index contributed by atoms with van der Waals surface area (Å²) in [5.41, 5.74) is 3.44. The van der Waals surface area contributed by atoms with Gasteiger partial charge in [0.05, 0.1) is 0 Å². The quantitative estimate of drug-likeness (QED) is 0.379. The molecular formula is C27H22N2O6. The molecule has 1 aliphatic rings. The van der Waals surface area contributed by atoms with Crippen molar-refractivity contribution in [2.24, 2.45) is 0 Å². The lowest BCUT2D eigenvalue weighted by Crippen LogP contribution is -2.16. The highest BCUT2D eigenvalue weighted by molar-refractivity contribution is 5.87. The standard InChI is InChI=1S/C26H22N2O4.CO2/c1-16-25(27-26(29)30-17(2)19-6-4-3-5-7-19)22(32-28-16)13-9-18-8-10-21-15-24(20-11-12-20)31-23(21)14-18;2-1-3/h3-8,10,14-15,17,20H,11-12H2,1-2H3,(H,27,29);. The first kappa shape index (κ1) is 23.6. The van der Waals surface area contributed by atoms with E-state index in [1.807, 2.05) is 55.5 Å². The third-order valence-electron chi connectivity index (χ3n) is 5.48. The second-order valence-electron chi connectivity index (χ2n) is 8.06. The summed E-state index contributed by atoms with van der Waals surface area (Å²) in [6.45, 7) is 3.55. The van der Waals surface area contributed by atoms with Crippen molar-refractivity contribution in [3.8, 4) is 11.8 Å². The molecule has 0 radical (unpaired) electrons. The van der Waals surface area contributed by atoms with E-state index in [-0.39, 0.29) is 11.9 Å². The molecule has 1 aliphatic carbocycles. The monoisotopic (exact) mass is 470 g/mol. The normalized spacial score (nSPS) is 13.0. The van der Waals surface area contributed by atoms with Crippen molar-refractivity contribution in [2.75, 3.05) is 5.32 Å². The Morgan fingerprint density at radius 1 is 1.11 bits per heavy atom. The second-order valence-corrected chi connectivity index (χ2v) is 8.06. The molecule has 0 bridgehead atoms. The van der Waals surface area contributed by atoms with Crippen LogP contribution in [0.15, 0.2) is 63.5 Å². The van der Waals surface area contributed by atoms with Crippen LogP contribution in [0.4, 0.5) is 10.5 Å². The fraction of sp³-hybridized carbons (Fsp3) is 0.222. The molecule has 1 fully saturated rings. The minimum absolute atomic E-state index is 0.250. The van der Waals surface area contributed by atoms with Gasteiger partial charge in [0, 0.05) is 16.9 Å². The molecule has 0 spiro atoms. The Hall–Kier alpha value is -4.60. The number of carbonyl (C=O) groups is 1. The van der Waals surface area contributed by atoms with Crippen LogP contribution in [-0.2, 0) is 14.3 Å². The van der Waals surface area contributed by atoms with E-state index in [1.54, 1.807) is 6.92 Å². The number of carbonyl (C=O) groups excluding carboxylic acids is 3. The number of nitrogens with zero attached hydrogens (tertiary/aromatic N) is 1. The second kappa shape index (κ2) is 10.6. The van der Waals surface area contributed by atoms with Crippen LogP contribution in [0.3, 0.4) is 0 Å². The van der Waals surface area contributed by atoms with E-state index in [4.69, 9.17) is 23.3 Å². The first-order valence-corrected chi connectivity index (χ1v) is 11.0. The van der Waals surface area contributed by atoms with Gasteiger partial charge in [-0.25, -0.2) is 4.79 Å². The summed E-state index contributed by atoms with van der Waals surface area (Å²) in [5.74, 6) is 7.90. The van der Waals surface area contributed by atoms with Gasteiger partial charge in [0.2, 0.25) is 5.76 Å². The average molecular weight is 470 g/mol. The number of hydrogen-bond donors (Lipinski definition) is 1. The smallest absolute Gasteiger partial charge is 0.412 e. The number of benzene rings is 2. The predicted molar refractivity (Wildman–Crippen MR) is 125 cm³/mol. The van der Waals surface area contributed by atoms with Gasteiger partial charge in [-0.2, -0.15) is 9.59 Å². The molecule has 176 valence electrons. The number of aromatic nitrogens is 1. The largest absolute Gasteiger partial charge is 0.461 e. The topological polar surface area (TPSA) is 112 Å². The zero-order valence-electron chi connectivity index (χ0n) is 19.2. The lowest BCUT2D eigenvalue weighted by Gasteiger charge is -2.13. The minimum Gasteiger partial charge on any atom is -0.461 e. The van der Waals surface area contributed by atoms with Crippen molar-refractivity contribution in [2.45, 2.75) is 38.7 Å². The van der Waals surface area contributed by atoms with E-state index >= 15 is 0 Å². The van der Waals surface area contributed by atoms with Gasteiger partial charge in [-0.15, -0.1) is 0 Å². The van der Waals surface area contributed by atoms with Crippen LogP contribution in [0.2, 0.25) is 0 Å². The zero-order chi connectivity index (χ0) is 24.8. The van der Waals surface area contributed by atoms with Crippen LogP contribution < -0.4 is 5.32 Å². The maximum Gasteiger partial charge on any atom is 0.412 e. The molecule has 1 N–H and O–H groups in total. The van der Waals surface area contributed by atoms with Crippen LogP contribution in [0.5, 0.6) is 0 Å². The SMILES string of the molecule is Cc1noc(C#Cc2ccc3cc(C4CC4)oc3c2)c1NC(=O)OC(C)c1ccccc1.O=C=O. The lowest BCUT2D eigenvalue weighted by atomic mass is 10.1. The molecule has 35 heavy (non-hydrogen) atoms. The van der Waals surface area contributed by atoms with Gasteiger partial charge in [-0.1, -0.05) is 41.4 Å². The minimum atomic E-state index is -0.597. The molecule has 4 aromatic rings. The summed E-state index contributed by atoms with van der Waals surface area (Å²) in [6.07, 6.45) is 1.64. The molecular weight excluding hydrogens is 448 g/mol. The van der Waals surface area contributed by atoms with Gasteiger partial charge >= 0.3 is 12.2 Å². The van der Waals surface area contributed by atoms with E-state index < -0.39 is 12.2 Å². The maximum atomic E-state index is 12.4. The fourth-order valence-electron chi connectivity index (χ4n) is 3.51. The maximum absolute atomic E-state index is 12.4. The molecule has 5 rings (SSSR count). The van der Waals surface area contributed by atoms with Gasteiger partial charge in [0.15, 0.2) is 0 Å².